The molecule has 0 radical (unpaired) electrons. The zero-order valence-electron chi connectivity index (χ0n) is 11.5. The Labute approximate surface area is 109 Å². The van der Waals surface area contributed by atoms with Crippen LogP contribution in [0.5, 0.6) is 0 Å². The van der Waals surface area contributed by atoms with E-state index in [1.807, 2.05) is 11.8 Å². The van der Waals surface area contributed by atoms with Gasteiger partial charge in [-0.05, 0) is 19.8 Å². The molecule has 0 aliphatic rings. The van der Waals surface area contributed by atoms with E-state index in [1.54, 1.807) is 0 Å². The summed E-state index contributed by atoms with van der Waals surface area (Å²) >= 11 is 0. The van der Waals surface area contributed by atoms with Gasteiger partial charge in [-0.15, -0.1) is 0 Å². The second kappa shape index (κ2) is 7.84. The Morgan fingerprint density at radius 1 is 1.28 bits per heavy atom. The number of unbranched alkanes of at least 4 members (excludes halogenated alkanes) is 1. The predicted octanol–water partition coefficient (Wildman–Crippen LogP) is 3.06. The average Bonchev–Trinajstić information content (AvgIpc) is 2.39. The summed E-state index contributed by atoms with van der Waals surface area (Å²) in [6.07, 6.45) is 4.36. The van der Waals surface area contributed by atoms with E-state index >= 15 is 0 Å². The van der Waals surface area contributed by atoms with Gasteiger partial charge in [0.1, 0.15) is 0 Å². The zero-order valence-corrected chi connectivity index (χ0v) is 11.5. The predicted molar refractivity (Wildman–Crippen MR) is 73.6 cm³/mol. The Kier molecular flexibility index (Phi) is 6.39. The fraction of sp³-hybridized carbons (Fsp3) is 0.692. The van der Waals surface area contributed by atoms with Crippen LogP contribution in [0.3, 0.4) is 0 Å². The third-order valence-corrected chi connectivity index (χ3v) is 2.72. The van der Waals surface area contributed by atoms with E-state index in [1.165, 1.54) is 6.20 Å². The molecule has 18 heavy (non-hydrogen) atoms. The molecule has 1 N–H and O–H groups in total. The molecule has 0 bridgehead atoms. The molecule has 1 aromatic heterocycles. The van der Waals surface area contributed by atoms with E-state index in [9.17, 15) is 4.39 Å². The van der Waals surface area contributed by atoms with Gasteiger partial charge in [0.25, 0.3) is 0 Å². The van der Waals surface area contributed by atoms with E-state index in [0.717, 1.165) is 38.9 Å². The maximum absolute atomic E-state index is 13.8. The number of nitrogens with zero attached hydrogens (tertiary/aromatic N) is 3. The third kappa shape index (κ3) is 4.13. The zero-order chi connectivity index (χ0) is 13.4. The number of hydrogen-bond donors (Lipinski definition) is 1. The Bertz CT molecular complexity index is 357. The highest BCUT2D eigenvalue weighted by Crippen LogP contribution is 2.17. The monoisotopic (exact) mass is 254 g/mol. The maximum Gasteiger partial charge on any atom is 0.224 e. The summed E-state index contributed by atoms with van der Waals surface area (Å²) in [6, 6.07) is 0. The molecule has 0 aromatic carbocycles. The SMILES string of the molecule is CCCCN(CC)c1nc(NCCC)ncc1F. The summed E-state index contributed by atoms with van der Waals surface area (Å²) < 4.78 is 13.8. The van der Waals surface area contributed by atoms with Gasteiger partial charge in [0.05, 0.1) is 6.20 Å². The molecule has 1 rings (SSSR count). The van der Waals surface area contributed by atoms with Crippen LogP contribution in [0.4, 0.5) is 16.2 Å². The van der Waals surface area contributed by atoms with E-state index in [4.69, 9.17) is 0 Å². The molecule has 4 nitrogen and oxygen atoms in total. The van der Waals surface area contributed by atoms with E-state index < -0.39 is 0 Å². The largest absolute Gasteiger partial charge is 0.354 e. The van der Waals surface area contributed by atoms with Gasteiger partial charge in [0, 0.05) is 19.6 Å². The lowest BCUT2D eigenvalue weighted by molar-refractivity contribution is 0.598. The highest BCUT2D eigenvalue weighted by molar-refractivity contribution is 5.43. The molecule has 1 heterocycles. The Morgan fingerprint density at radius 2 is 2.06 bits per heavy atom. The van der Waals surface area contributed by atoms with Crippen LogP contribution in [0.15, 0.2) is 6.20 Å². The maximum atomic E-state index is 13.8. The minimum Gasteiger partial charge on any atom is -0.354 e. The van der Waals surface area contributed by atoms with Crippen LogP contribution >= 0.6 is 0 Å². The van der Waals surface area contributed by atoms with E-state index in [-0.39, 0.29) is 5.82 Å². The number of nitrogens with one attached hydrogen (secondary N) is 1. The van der Waals surface area contributed by atoms with Crippen molar-refractivity contribution in [1.29, 1.82) is 0 Å². The van der Waals surface area contributed by atoms with Gasteiger partial charge >= 0.3 is 0 Å². The summed E-state index contributed by atoms with van der Waals surface area (Å²) in [5.74, 6) is 0.553. The second-order valence-corrected chi connectivity index (χ2v) is 4.23. The fourth-order valence-corrected chi connectivity index (χ4v) is 1.66. The minimum atomic E-state index is -0.352. The molecule has 0 atom stereocenters. The fourth-order valence-electron chi connectivity index (χ4n) is 1.66. The first kappa shape index (κ1) is 14.7. The van der Waals surface area contributed by atoms with Gasteiger partial charge in [0.2, 0.25) is 5.95 Å². The van der Waals surface area contributed by atoms with E-state index in [2.05, 4.69) is 29.1 Å². The summed E-state index contributed by atoms with van der Waals surface area (Å²) in [4.78, 5) is 10.2. The molecule has 0 fully saturated rings. The average molecular weight is 254 g/mol. The quantitative estimate of drug-likeness (QED) is 0.774. The molecule has 0 saturated heterocycles. The van der Waals surface area contributed by atoms with Crippen LogP contribution in [-0.2, 0) is 0 Å². The van der Waals surface area contributed by atoms with Gasteiger partial charge in [-0.2, -0.15) is 4.98 Å². The highest BCUT2D eigenvalue weighted by Gasteiger charge is 2.13. The molecule has 0 aliphatic carbocycles. The van der Waals surface area contributed by atoms with Crippen molar-refractivity contribution < 1.29 is 4.39 Å². The Morgan fingerprint density at radius 3 is 2.67 bits per heavy atom. The highest BCUT2D eigenvalue weighted by atomic mass is 19.1. The van der Waals surface area contributed by atoms with E-state index in [0.29, 0.717) is 11.8 Å². The number of aromatic nitrogens is 2. The molecule has 0 amide bonds. The molecule has 0 saturated carbocycles. The molecule has 0 unspecified atom stereocenters. The van der Waals surface area contributed by atoms with Gasteiger partial charge in [0.15, 0.2) is 11.6 Å². The molecule has 0 aliphatic heterocycles. The van der Waals surface area contributed by atoms with Crippen molar-refractivity contribution in [1.82, 2.24) is 9.97 Å². The lowest BCUT2D eigenvalue weighted by Crippen LogP contribution is -2.26. The lowest BCUT2D eigenvalue weighted by Gasteiger charge is -2.22. The van der Waals surface area contributed by atoms with Crippen molar-refractivity contribution >= 4 is 11.8 Å². The van der Waals surface area contributed by atoms with Crippen molar-refractivity contribution in [2.24, 2.45) is 0 Å². The molecule has 102 valence electrons. The topological polar surface area (TPSA) is 41.1 Å². The third-order valence-electron chi connectivity index (χ3n) is 2.72. The number of hydrogen-bond acceptors (Lipinski definition) is 4. The summed E-state index contributed by atoms with van der Waals surface area (Å²) in [7, 11) is 0. The van der Waals surface area contributed by atoms with Crippen LogP contribution in [0.25, 0.3) is 0 Å². The number of rotatable bonds is 8. The van der Waals surface area contributed by atoms with Crippen LogP contribution < -0.4 is 10.2 Å². The molecule has 1 aromatic rings. The molecule has 0 spiro atoms. The van der Waals surface area contributed by atoms with Crippen molar-refractivity contribution in [3.05, 3.63) is 12.0 Å². The summed E-state index contributed by atoms with van der Waals surface area (Å²) in [5.41, 5.74) is 0. The Balaban J connectivity index is 2.83. The van der Waals surface area contributed by atoms with Gasteiger partial charge < -0.3 is 10.2 Å². The van der Waals surface area contributed by atoms with Gasteiger partial charge in [-0.25, -0.2) is 9.37 Å². The second-order valence-electron chi connectivity index (χ2n) is 4.23. The Hall–Kier alpha value is -1.39. The molecular formula is C13H23FN4. The van der Waals surface area contributed by atoms with Crippen molar-refractivity contribution in [2.45, 2.75) is 40.0 Å². The number of halogens is 1. The first-order valence-corrected chi connectivity index (χ1v) is 6.74. The van der Waals surface area contributed by atoms with Crippen LogP contribution in [0.1, 0.15) is 40.0 Å². The first-order valence-electron chi connectivity index (χ1n) is 6.74. The molecular weight excluding hydrogens is 231 g/mol. The van der Waals surface area contributed by atoms with Gasteiger partial charge in [-0.3, -0.25) is 0 Å². The van der Waals surface area contributed by atoms with Crippen LogP contribution in [0.2, 0.25) is 0 Å². The van der Waals surface area contributed by atoms with Crippen LogP contribution in [0, 0.1) is 5.82 Å². The first-order chi connectivity index (χ1) is 8.72. The summed E-state index contributed by atoms with van der Waals surface area (Å²) in [5, 5.41) is 3.08. The van der Waals surface area contributed by atoms with Gasteiger partial charge in [-0.1, -0.05) is 20.3 Å². The smallest absolute Gasteiger partial charge is 0.224 e. The molecule has 5 heteroatoms. The van der Waals surface area contributed by atoms with Crippen molar-refractivity contribution in [3.8, 4) is 0 Å². The standard InChI is InChI=1S/C13H23FN4/c1-4-7-9-18(6-3)12-11(14)10-16-13(17-12)15-8-5-2/h10H,4-9H2,1-3H3,(H,15,16,17). The lowest BCUT2D eigenvalue weighted by atomic mass is 10.3. The minimum absolute atomic E-state index is 0.352. The van der Waals surface area contributed by atoms with Crippen molar-refractivity contribution in [2.75, 3.05) is 29.9 Å². The number of anilines is 2. The summed E-state index contributed by atoms with van der Waals surface area (Å²) in [6.45, 7) is 8.58. The van der Waals surface area contributed by atoms with Crippen molar-refractivity contribution in [3.63, 3.8) is 0 Å². The van der Waals surface area contributed by atoms with Crippen LogP contribution in [-0.4, -0.2) is 29.6 Å². The normalized spacial score (nSPS) is 10.4.